The number of carbonyl (C=O) groups is 2. The molecule has 1 aromatic carbocycles. The summed E-state index contributed by atoms with van der Waals surface area (Å²) in [7, 11) is 1.74. The van der Waals surface area contributed by atoms with Crippen LogP contribution in [-0.2, 0) is 20.7 Å². The lowest BCUT2D eigenvalue weighted by Crippen LogP contribution is -2.51. The van der Waals surface area contributed by atoms with Gasteiger partial charge >= 0.3 is 5.97 Å². The van der Waals surface area contributed by atoms with E-state index < -0.39 is 5.97 Å². The molecule has 0 aliphatic carbocycles. The van der Waals surface area contributed by atoms with Crippen LogP contribution in [0.25, 0.3) is 0 Å². The monoisotopic (exact) mass is 368 g/mol. The number of benzene rings is 1. The molecule has 6 nitrogen and oxygen atoms in total. The van der Waals surface area contributed by atoms with Crippen molar-refractivity contribution in [2.24, 2.45) is 5.92 Å². The first-order valence-electron chi connectivity index (χ1n) is 8.40. The summed E-state index contributed by atoms with van der Waals surface area (Å²) in [6.45, 7) is 3.89. The molecule has 138 valence electrons. The molecule has 0 aromatic heterocycles. The van der Waals surface area contributed by atoms with E-state index in [1.807, 2.05) is 36.1 Å². The van der Waals surface area contributed by atoms with Gasteiger partial charge in [0.2, 0.25) is 5.91 Å². The summed E-state index contributed by atoms with van der Waals surface area (Å²) in [4.78, 5) is 27.0. The average Bonchev–Trinajstić information content (AvgIpc) is 2.53. The Kier molecular flexibility index (Phi) is 7.23. The van der Waals surface area contributed by atoms with Crippen LogP contribution in [-0.4, -0.2) is 72.7 Å². The summed E-state index contributed by atoms with van der Waals surface area (Å²) >= 11 is 6.00. The van der Waals surface area contributed by atoms with E-state index >= 15 is 0 Å². The molecule has 1 aliphatic rings. The minimum absolute atomic E-state index is 0.0427. The van der Waals surface area contributed by atoms with E-state index in [0.717, 1.165) is 5.56 Å². The second kappa shape index (κ2) is 9.17. The van der Waals surface area contributed by atoms with Crippen LogP contribution in [0.4, 0.5) is 0 Å². The minimum atomic E-state index is -0.874. The molecule has 1 heterocycles. The van der Waals surface area contributed by atoms with Crippen molar-refractivity contribution in [1.29, 1.82) is 0 Å². The molecule has 2 unspecified atom stereocenters. The number of ether oxygens (including phenoxy) is 1. The van der Waals surface area contributed by atoms with Crippen molar-refractivity contribution < 1.29 is 19.4 Å². The van der Waals surface area contributed by atoms with E-state index in [4.69, 9.17) is 21.4 Å². The van der Waals surface area contributed by atoms with Crippen LogP contribution in [0.5, 0.6) is 0 Å². The first kappa shape index (κ1) is 19.7. The molecule has 1 fully saturated rings. The van der Waals surface area contributed by atoms with Gasteiger partial charge in [0.1, 0.15) is 0 Å². The third-order valence-electron chi connectivity index (χ3n) is 4.22. The first-order chi connectivity index (χ1) is 11.8. The number of aliphatic carboxylic acids is 1. The van der Waals surface area contributed by atoms with E-state index in [2.05, 4.69) is 0 Å². The third-order valence-corrected chi connectivity index (χ3v) is 4.46. The van der Waals surface area contributed by atoms with Gasteiger partial charge in [0, 0.05) is 30.6 Å². The van der Waals surface area contributed by atoms with Crippen LogP contribution >= 0.6 is 11.6 Å². The molecule has 2 rings (SSSR count). The van der Waals surface area contributed by atoms with E-state index in [0.29, 0.717) is 37.7 Å². The fraction of sp³-hybridized carbons (Fsp3) is 0.556. The predicted molar refractivity (Wildman–Crippen MR) is 95.8 cm³/mol. The Labute approximate surface area is 153 Å². The molecule has 1 N–H and O–H groups in total. The van der Waals surface area contributed by atoms with Gasteiger partial charge in [-0.3, -0.25) is 14.5 Å². The van der Waals surface area contributed by atoms with Gasteiger partial charge in [0.25, 0.3) is 0 Å². The van der Waals surface area contributed by atoms with E-state index in [1.54, 1.807) is 11.9 Å². The Morgan fingerprint density at radius 1 is 1.48 bits per heavy atom. The Bertz CT molecular complexity index is 610. The molecule has 7 heteroatoms. The minimum Gasteiger partial charge on any atom is -0.480 e. The van der Waals surface area contributed by atoms with Crippen molar-refractivity contribution in [3.63, 3.8) is 0 Å². The molecule has 1 aliphatic heterocycles. The zero-order valence-electron chi connectivity index (χ0n) is 14.7. The lowest BCUT2D eigenvalue weighted by atomic mass is 9.99. The van der Waals surface area contributed by atoms with Crippen molar-refractivity contribution in [3.8, 4) is 0 Å². The van der Waals surface area contributed by atoms with Crippen molar-refractivity contribution in [2.45, 2.75) is 19.4 Å². The van der Waals surface area contributed by atoms with Gasteiger partial charge in [-0.25, -0.2) is 0 Å². The topological polar surface area (TPSA) is 70.1 Å². The maximum absolute atomic E-state index is 12.7. The van der Waals surface area contributed by atoms with Crippen LogP contribution in [0.3, 0.4) is 0 Å². The Morgan fingerprint density at radius 3 is 2.92 bits per heavy atom. The van der Waals surface area contributed by atoms with Gasteiger partial charge in [0.15, 0.2) is 0 Å². The molecular weight excluding hydrogens is 344 g/mol. The van der Waals surface area contributed by atoms with Crippen LogP contribution in [0.2, 0.25) is 5.02 Å². The number of nitrogens with zero attached hydrogens (tertiary/aromatic N) is 2. The van der Waals surface area contributed by atoms with Crippen molar-refractivity contribution in [2.75, 3.05) is 39.8 Å². The Balaban J connectivity index is 1.88. The quantitative estimate of drug-likeness (QED) is 0.794. The highest BCUT2D eigenvalue weighted by atomic mass is 35.5. The number of hydrogen-bond donors (Lipinski definition) is 1. The highest BCUT2D eigenvalue weighted by molar-refractivity contribution is 6.30. The first-order valence-corrected chi connectivity index (χ1v) is 8.78. The molecule has 25 heavy (non-hydrogen) atoms. The van der Waals surface area contributed by atoms with Crippen LogP contribution in [0, 0.1) is 5.92 Å². The number of halogens is 1. The summed E-state index contributed by atoms with van der Waals surface area (Å²) in [5.41, 5.74) is 1.04. The Morgan fingerprint density at radius 2 is 2.24 bits per heavy atom. The molecule has 2 atom stereocenters. The fourth-order valence-corrected chi connectivity index (χ4v) is 3.30. The SMILES string of the molecule is CC(Cc1cccc(Cl)c1)C(=O)N1CCOC(CN(C)CC(=O)O)C1. The van der Waals surface area contributed by atoms with Gasteiger partial charge in [0.05, 0.1) is 19.3 Å². The van der Waals surface area contributed by atoms with Gasteiger partial charge in [-0.1, -0.05) is 30.7 Å². The molecular formula is C18H25ClN2O4. The molecule has 1 saturated heterocycles. The van der Waals surface area contributed by atoms with E-state index in [-0.39, 0.29) is 24.5 Å². The predicted octanol–water partition coefficient (Wildman–Crippen LogP) is 1.76. The number of rotatable bonds is 7. The van der Waals surface area contributed by atoms with Crippen LogP contribution in [0.15, 0.2) is 24.3 Å². The summed E-state index contributed by atoms with van der Waals surface area (Å²) in [6.07, 6.45) is 0.473. The smallest absolute Gasteiger partial charge is 0.317 e. The molecule has 0 bridgehead atoms. The van der Waals surface area contributed by atoms with Gasteiger partial charge in [-0.05, 0) is 31.2 Å². The molecule has 1 aromatic rings. The number of carbonyl (C=O) groups excluding carboxylic acids is 1. The van der Waals surface area contributed by atoms with Crippen LogP contribution < -0.4 is 0 Å². The Hall–Kier alpha value is -1.63. The lowest BCUT2D eigenvalue weighted by Gasteiger charge is -2.36. The lowest BCUT2D eigenvalue weighted by molar-refractivity contribution is -0.144. The highest BCUT2D eigenvalue weighted by Crippen LogP contribution is 2.17. The molecule has 0 spiro atoms. The highest BCUT2D eigenvalue weighted by Gasteiger charge is 2.28. The zero-order valence-corrected chi connectivity index (χ0v) is 15.4. The fourth-order valence-electron chi connectivity index (χ4n) is 3.09. The second-order valence-corrected chi connectivity index (χ2v) is 7.04. The number of carboxylic acid groups (broad SMARTS) is 1. The van der Waals surface area contributed by atoms with E-state index in [9.17, 15) is 9.59 Å². The number of carboxylic acids is 1. The van der Waals surface area contributed by atoms with Crippen molar-refractivity contribution >= 4 is 23.5 Å². The van der Waals surface area contributed by atoms with E-state index in [1.165, 1.54) is 0 Å². The summed E-state index contributed by atoms with van der Waals surface area (Å²) in [5.74, 6) is -0.926. The van der Waals surface area contributed by atoms with Gasteiger partial charge in [-0.2, -0.15) is 0 Å². The molecule has 0 radical (unpaired) electrons. The summed E-state index contributed by atoms with van der Waals surface area (Å²) in [5, 5.41) is 9.50. The number of likely N-dealkylation sites (N-methyl/N-ethyl adjacent to an activating group) is 1. The van der Waals surface area contributed by atoms with Gasteiger partial charge in [-0.15, -0.1) is 0 Å². The number of amides is 1. The number of morpholine rings is 1. The number of hydrogen-bond acceptors (Lipinski definition) is 4. The molecule has 1 amide bonds. The maximum atomic E-state index is 12.7. The van der Waals surface area contributed by atoms with Crippen LogP contribution in [0.1, 0.15) is 12.5 Å². The maximum Gasteiger partial charge on any atom is 0.317 e. The van der Waals surface area contributed by atoms with Crippen molar-refractivity contribution in [1.82, 2.24) is 9.80 Å². The van der Waals surface area contributed by atoms with Gasteiger partial charge < -0.3 is 14.7 Å². The normalized spacial score (nSPS) is 19.0. The average molecular weight is 369 g/mol. The zero-order chi connectivity index (χ0) is 18.4. The summed E-state index contributed by atoms with van der Waals surface area (Å²) < 4.78 is 5.68. The molecule has 0 saturated carbocycles. The second-order valence-electron chi connectivity index (χ2n) is 6.60. The third kappa shape index (κ3) is 6.30. The largest absolute Gasteiger partial charge is 0.480 e. The summed E-state index contributed by atoms with van der Waals surface area (Å²) in [6, 6.07) is 7.56. The standard InChI is InChI=1S/C18H25ClN2O4/c1-13(8-14-4-3-5-15(19)9-14)18(24)21-6-7-25-16(11-21)10-20(2)12-17(22)23/h3-5,9,13,16H,6-8,10-12H2,1-2H3,(H,22,23). The van der Waals surface area contributed by atoms with Crippen molar-refractivity contribution in [3.05, 3.63) is 34.9 Å².